The maximum absolute atomic E-state index is 13.2. The zero-order valence-corrected chi connectivity index (χ0v) is 20.1. The maximum atomic E-state index is 13.2. The minimum absolute atomic E-state index is 0.0452. The largest absolute Gasteiger partial charge is 0.328 e. The van der Waals surface area contributed by atoms with Crippen LogP contribution in [0.2, 0.25) is 0 Å². The number of ketones is 1. The van der Waals surface area contributed by atoms with Gasteiger partial charge in [-0.1, -0.05) is 91.6 Å². The van der Waals surface area contributed by atoms with Crippen LogP contribution in [0.15, 0.2) is 99.9 Å². The van der Waals surface area contributed by atoms with Crippen LogP contribution in [-0.4, -0.2) is 25.7 Å². The first kappa shape index (κ1) is 24.7. The molecular formula is C26H27NO4S2. The molecule has 172 valence electrons. The van der Waals surface area contributed by atoms with E-state index in [1.165, 1.54) is 0 Å². The Balaban J connectivity index is 1.78. The highest BCUT2D eigenvalue weighted by molar-refractivity contribution is 7.99. The molecule has 0 radical (unpaired) electrons. The molecular weight excluding hydrogens is 454 g/mol. The van der Waals surface area contributed by atoms with Gasteiger partial charge < -0.3 is 0 Å². The number of benzene rings is 3. The third kappa shape index (κ3) is 7.87. The summed E-state index contributed by atoms with van der Waals surface area (Å²) in [5.74, 6) is -0.531. The van der Waals surface area contributed by atoms with Gasteiger partial charge in [0.05, 0.1) is 5.75 Å². The quantitative estimate of drug-likeness (QED) is 0.130. The summed E-state index contributed by atoms with van der Waals surface area (Å²) < 4.78 is 29.4. The zero-order valence-electron chi connectivity index (χ0n) is 18.5. The van der Waals surface area contributed by atoms with Crippen molar-refractivity contribution in [3.8, 4) is 0 Å². The third-order valence-corrected chi connectivity index (χ3v) is 6.95. The summed E-state index contributed by atoms with van der Waals surface area (Å²) in [4.78, 5) is 15.3. The van der Waals surface area contributed by atoms with E-state index in [0.29, 0.717) is 17.5 Å². The van der Waals surface area contributed by atoms with Gasteiger partial charge in [-0.15, -0.1) is 0 Å². The first-order chi connectivity index (χ1) is 16.0. The number of oxime groups is 1. The van der Waals surface area contributed by atoms with Crippen molar-refractivity contribution in [3.63, 3.8) is 0 Å². The second-order valence-corrected chi connectivity index (χ2v) is 10.3. The van der Waals surface area contributed by atoms with Crippen molar-refractivity contribution in [1.29, 1.82) is 0 Å². The van der Waals surface area contributed by atoms with E-state index >= 15 is 0 Å². The highest BCUT2D eigenvalue weighted by Gasteiger charge is 2.20. The van der Waals surface area contributed by atoms with Crippen LogP contribution in [0.1, 0.15) is 48.5 Å². The van der Waals surface area contributed by atoms with Crippen LogP contribution in [0.5, 0.6) is 0 Å². The topological polar surface area (TPSA) is 72.8 Å². The summed E-state index contributed by atoms with van der Waals surface area (Å²) in [7, 11) is -3.87. The summed E-state index contributed by atoms with van der Waals surface area (Å²) in [5.41, 5.74) is 0.849. The van der Waals surface area contributed by atoms with E-state index in [-0.39, 0.29) is 11.5 Å². The van der Waals surface area contributed by atoms with Crippen LogP contribution >= 0.6 is 11.8 Å². The number of hydrogen-bond acceptors (Lipinski definition) is 6. The summed E-state index contributed by atoms with van der Waals surface area (Å²) in [6.45, 7) is 2.06. The second-order valence-electron chi connectivity index (χ2n) is 7.47. The predicted molar refractivity (Wildman–Crippen MR) is 133 cm³/mol. The van der Waals surface area contributed by atoms with Crippen molar-refractivity contribution >= 4 is 33.4 Å². The molecule has 0 aromatic heterocycles. The monoisotopic (exact) mass is 481 g/mol. The molecule has 0 bridgehead atoms. The molecule has 3 rings (SSSR count). The van der Waals surface area contributed by atoms with Gasteiger partial charge in [0.1, 0.15) is 0 Å². The Hall–Kier alpha value is -2.90. The van der Waals surface area contributed by atoms with Crippen molar-refractivity contribution in [2.45, 2.75) is 42.4 Å². The lowest BCUT2D eigenvalue weighted by Gasteiger charge is -2.08. The molecule has 0 atom stereocenters. The van der Waals surface area contributed by atoms with Gasteiger partial charge in [-0.3, -0.25) is 9.08 Å². The molecule has 5 nitrogen and oxygen atoms in total. The Labute approximate surface area is 200 Å². The van der Waals surface area contributed by atoms with Crippen LogP contribution < -0.4 is 0 Å². The van der Waals surface area contributed by atoms with Crippen molar-refractivity contribution in [2.24, 2.45) is 5.16 Å². The number of hydrogen-bond donors (Lipinski definition) is 0. The SMILES string of the molecule is CCCCCCS(=O)(=O)ON=C(C(=O)c1ccc(Sc2ccccc2)cc1)c1ccccc1. The fourth-order valence-electron chi connectivity index (χ4n) is 3.09. The number of carbonyl (C=O) groups excluding carboxylic acids is 1. The van der Waals surface area contributed by atoms with E-state index in [0.717, 1.165) is 29.1 Å². The molecule has 0 unspecified atom stereocenters. The van der Waals surface area contributed by atoms with Gasteiger partial charge in [0.25, 0.3) is 0 Å². The van der Waals surface area contributed by atoms with E-state index in [4.69, 9.17) is 4.28 Å². The molecule has 0 spiro atoms. The number of carbonyl (C=O) groups is 1. The van der Waals surface area contributed by atoms with E-state index in [2.05, 4.69) is 12.1 Å². The van der Waals surface area contributed by atoms with Crippen LogP contribution in [0.4, 0.5) is 0 Å². The number of nitrogens with zero attached hydrogens (tertiary/aromatic N) is 1. The highest BCUT2D eigenvalue weighted by atomic mass is 32.2. The molecule has 0 fully saturated rings. The Morgan fingerprint density at radius 3 is 2.03 bits per heavy atom. The van der Waals surface area contributed by atoms with Gasteiger partial charge in [-0.05, 0) is 42.8 Å². The normalized spacial score (nSPS) is 11.8. The number of Topliss-reactive ketones (excluding diaryl/α,β-unsaturated/α-hetero) is 1. The van der Waals surface area contributed by atoms with Gasteiger partial charge in [-0.25, -0.2) is 0 Å². The van der Waals surface area contributed by atoms with Crippen LogP contribution in [0, 0.1) is 0 Å². The van der Waals surface area contributed by atoms with Crippen molar-refractivity contribution in [1.82, 2.24) is 0 Å². The van der Waals surface area contributed by atoms with Crippen molar-refractivity contribution in [2.75, 3.05) is 5.75 Å². The molecule has 33 heavy (non-hydrogen) atoms. The lowest BCUT2D eigenvalue weighted by molar-refractivity contribution is 0.106. The Morgan fingerprint density at radius 2 is 1.39 bits per heavy atom. The fraction of sp³-hybridized carbons (Fsp3) is 0.231. The Morgan fingerprint density at radius 1 is 0.788 bits per heavy atom. The molecule has 0 aliphatic rings. The summed E-state index contributed by atoms with van der Waals surface area (Å²) in [6.07, 6.45) is 3.28. The maximum Gasteiger partial charge on any atom is 0.328 e. The predicted octanol–water partition coefficient (Wildman–Crippen LogP) is 6.35. The standard InChI is InChI=1S/C26H27NO4S2/c1-2-3-4-11-20-33(29,30)31-27-25(21-12-7-5-8-13-21)26(28)22-16-18-24(19-17-22)32-23-14-9-6-10-15-23/h5-10,12-19H,2-4,11,20H2,1H3. The van der Waals surface area contributed by atoms with E-state index in [9.17, 15) is 13.2 Å². The van der Waals surface area contributed by atoms with E-state index in [1.807, 2.05) is 48.5 Å². The molecule has 0 saturated carbocycles. The second kappa shape index (κ2) is 12.4. The molecule has 7 heteroatoms. The van der Waals surface area contributed by atoms with Crippen LogP contribution in [0.3, 0.4) is 0 Å². The average Bonchev–Trinajstić information content (AvgIpc) is 2.84. The first-order valence-electron chi connectivity index (χ1n) is 10.9. The molecule has 0 aliphatic carbocycles. The summed E-state index contributed by atoms with van der Waals surface area (Å²) in [5, 5.41) is 3.80. The molecule has 0 aliphatic heterocycles. The van der Waals surface area contributed by atoms with Crippen molar-refractivity contribution in [3.05, 3.63) is 96.1 Å². The number of rotatable bonds is 12. The van der Waals surface area contributed by atoms with Crippen LogP contribution in [0.25, 0.3) is 0 Å². The van der Waals surface area contributed by atoms with E-state index < -0.39 is 15.9 Å². The average molecular weight is 482 g/mol. The zero-order chi connectivity index (χ0) is 23.5. The van der Waals surface area contributed by atoms with Gasteiger partial charge in [0.2, 0.25) is 5.78 Å². The van der Waals surface area contributed by atoms with E-state index in [1.54, 1.807) is 48.2 Å². The van der Waals surface area contributed by atoms with Gasteiger partial charge in [0, 0.05) is 20.9 Å². The lowest BCUT2D eigenvalue weighted by atomic mass is 10.0. The van der Waals surface area contributed by atoms with Gasteiger partial charge in [-0.2, -0.15) is 8.42 Å². The minimum atomic E-state index is -3.87. The number of unbranched alkanes of at least 4 members (excludes halogenated alkanes) is 3. The third-order valence-electron chi connectivity index (χ3n) is 4.85. The van der Waals surface area contributed by atoms with Gasteiger partial charge >= 0.3 is 10.1 Å². The molecule has 0 saturated heterocycles. The molecule has 0 heterocycles. The molecule has 0 amide bonds. The fourth-order valence-corrected chi connectivity index (χ4v) is 4.75. The molecule has 0 N–H and O–H groups in total. The molecule has 3 aromatic carbocycles. The Kier molecular flexibility index (Phi) is 9.27. The van der Waals surface area contributed by atoms with Crippen LogP contribution in [-0.2, 0) is 14.4 Å². The Bertz CT molecular complexity index is 1160. The first-order valence-corrected chi connectivity index (χ1v) is 13.3. The molecule has 3 aromatic rings. The highest BCUT2D eigenvalue weighted by Crippen LogP contribution is 2.27. The van der Waals surface area contributed by atoms with Gasteiger partial charge in [0.15, 0.2) is 5.71 Å². The summed E-state index contributed by atoms with van der Waals surface area (Å²) >= 11 is 1.59. The minimum Gasteiger partial charge on any atom is -0.287 e. The summed E-state index contributed by atoms with van der Waals surface area (Å²) in [6, 6.07) is 25.8. The lowest BCUT2D eigenvalue weighted by Crippen LogP contribution is -2.18. The smallest absolute Gasteiger partial charge is 0.287 e. The van der Waals surface area contributed by atoms with Crippen molar-refractivity contribution < 1.29 is 17.5 Å².